The summed E-state index contributed by atoms with van der Waals surface area (Å²) < 4.78 is 0. The third kappa shape index (κ3) is 55.0. The third-order valence-electron chi connectivity index (χ3n) is 0. The minimum Gasteiger partial charge on any atom is -3.00 e. The molecule has 7 heavy (non-hydrogen) atoms. The van der Waals surface area contributed by atoms with Crippen molar-refractivity contribution in [2.45, 2.75) is 0 Å². The van der Waals surface area contributed by atoms with Crippen molar-refractivity contribution in [3.63, 3.8) is 0 Å². The van der Waals surface area contributed by atoms with E-state index in [1.807, 2.05) is 0 Å². The van der Waals surface area contributed by atoms with E-state index in [1.165, 1.54) is 0 Å². The number of rotatable bonds is 0. The Bertz CT molecular complexity index is 10.1. The molecule has 0 fully saturated rings. The SMILES string of the molecule is [In+3].[N-3].[N-3].[N-3].[Zn+2].[Zn+2].[Zn+2]. The van der Waals surface area contributed by atoms with Gasteiger partial charge in [-0.05, 0) is 0 Å². The second-order valence-electron chi connectivity index (χ2n) is 0. The van der Waals surface area contributed by atoms with Crippen LogP contribution in [0, 0.1) is 0 Å². The molecule has 0 saturated heterocycles. The summed E-state index contributed by atoms with van der Waals surface area (Å²) in [4.78, 5) is 0. The molecule has 0 N–H and O–H groups in total. The van der Waals surface area contributed by atoms with Crippen molar-refractivity contribution in [1.82, 2.24) is 0 Å². The molecular weight excluding hydrogens is 353 g/mol. The Labute approximate surface area is 101 Å². The molecule has 0 aromatic heterocycles. The number of hydrogen-bond acceptors (Lipinski definition) is 0. The van der Waals surface area contributed by atoms with Crippen LogP contribution in [0.3, 0.4) is 0 Å². The van der Waals surface area contributed by atoms with Crippen LogP contribution < -0.4 is 0 Å². The van der Waals surface area contributed by atoms with E-state index >= 15 is 0 Å². The van der Waals surface area contributed by atoms with Gasteiger partial charge < -0.3 is 18.5 Å². The molecule has 0 aromatic rings. The molecule has 0 aliphatic carbocycles. The van der Waals surface area contributed by atoms with Crippen molar-refractivity contribution < 1.29 is 58.4 Å². The fourth-order valence-corrected chi connectivity index (χ4v) is 0. The molecule has 7 heteroatoms. The number of nitrogens with zero attached hydrogens (tertiary/aromatic N) is 3. The van der Waals surface area contributed by atoms with Crippen LogP contribution in [0.1, 0.15) is 0 Å². The molecule has 0 radical (unpaired) electrons. The van der Waals surface area contributed by atoms with E-state index in [4.69, 9.17) is 0 Å². The quantitative estimate of drug-likeness (QED) is 0.567. The third-order valence-corrected chi connectivity index (χ3v) is 0. The fourth-order valence-electron chi connectivity index (χ4n) is 0. The van der Waals surface area contributed by atoms with Gasteiger partial charge in [0, 0.05) is 0 Å². The molecule has 24 valence electrons. The van der Waals surface area contributed by atoms with Crippen molar-refractivity contribution in [1.29, 1.82) is 0 Å². The predicted octanol–water partition coefficient (Wildman–Crippen LogP) is 0.478. The van der Waals surface area contributed by atoms with Crippen LogP contribution in [-0.4, -0.2) is 25.8 Å². The standard InChI is InChI=1S/In.3N.3Zn/q+3;3*-3;3*+2. The molecule has 0 heterocycles. The van der Waals surface area contributed by atoms with Crippen LogP contribution >= 0.6 is 0 Å². The molecule has 3 nitrogen and oxygen atoms in total. The van der Waals surface area contributed by atoms with E-state index in [0.717, 1.165) is 0 Å². The molecule has 0 aromatic carbocycles. The van der Waals surface area contributed by atoms with Crippen molar-refractivity contribution in [2.75, 3.05) is 0 Å². The zero-order valence-electron chi connectivity index (χ0n) is 4.04. The Morgan fingerprint density at radius 2 is 0.429 bits per heavy atom. The van der Waals surface area contributed by atoms with Crippen molar-refractivity contribution in [2.24, 2.45) is 0 Å². The molecule has 0 saturated carbocycles. The van der Waals surface area contributed by atoms with Gasteiger partial charge in [-0.15, -0.1) is 0 Å². The summed E-state index contributed by atoms with van der Waals surface area (Å²) in [6.07, 6.45) is 0. The van der Waals surface area contributed by atoms with Crippen LogP contribution in [0.2, 0.25) is 0 Å². The summed E-state index contributed by atoms with van der Waals surface area (Å²) in [7, 11) is 0. The van der Waals surface area contributed by atoms with Gasteiger partial charge in [0.05, 0.1) is 0 Å². The monoisotopic (exact) mass is 349 g/mol. The van der Waals surface area contributed by atoms with Crippen LogP contribution in [0.25, 0.3) is 18.5 Å². The molecule has 0 rings (SSSR count). The zero-order valence-corrected chi connectivity index (χ0v) is 16.2. The first-order valence-corrected chi connectivity index (χ1v) is 0. The molecule has 0 spiro atoms. The molecule has 0 atom stereocenters. The van der Waals surface area contributed by atoms with Gasteiger partial charge in [0.25, 0.3) is 0 Å². The van der Waals surface area contributed by atoms with E-state index in [1.54, 1.807) is 0 Å². The maximum Gasteiger partial charge on any atom is 3.00 e. The second-order valence-corrected chi connectivity index (χ2v) is 0. The largest absolute Gasteiger partial charge is 3.00 e. The predicted molar refractivity (Wildman–Crippen MR) is 15.8 cm³/mol. The molecular formula is InN3Zn3. The average molecular weight is 353 g/mol. The summed E-state index contributed by atoms with van der Waals surface area (Å²) in [6, 6.07) is 0. The first-order chi connectivity index (χ1) is 0. The first-order valence-electron chi connectivity index (χ1n) is 0. The van der Waals surface area contributed by atoms with E-state index in [9.17, 15) is 0 Å². The second kappa shape index (κ2) is 72.9. The summed E-state index contributed by atoms with van der Waals surface area (Å²) in [5.74, 6) is 0. The molecule has 0 aliphatic rings. The van der Waals surface area contributed by atoms with Gasteiger partial charge in [0.2, 0.25) is 0 Å². The minimum absolute atomic E-state index is 0. The first kappa shape index (κ1) is 104. The Kier molecular flexibility index (Phi) is 1080. The van der Waals surface area contributed by atoms with Gasteiger partial charge in [-0.3, -0.25) is 0 Å². The van der Waals surface area contributed by atoms with Crippen LogP contribution in [-0.2, 0) is 58.4 Å². The van der Waals surface area contributed by atoms with Gasteiger partial charge in [-0.25, -0.2) is 0 Å². The number of hydrogen-bond donors (Lipinski definition) is 0. The van der Waals surface area contributed by atoms with Gasteiger partial charge in [0.1, 0.15) is 0 Å². The summed E-state index contributed by atoms with van der Waals surface area (Å²) in [5, 5.41) is 0. The molecule has 0 amide bonds. The molecule has 0 bridgehead atoms. The van der Waals surface area contributed by atoms with E-state index < -0.39 is 0 Å². The van der Waals surface area contributed by atoms with Crippen LogP contribution in [0.15, 0.2) is 0 Å². The Hall–Kier alpha value is 2.62. The topological polar surface area (TPSA) is 91.5 Å². The van der Waals surface area contributed by atoms with Crippen molar-refractivity contribution in [3.05, 3.63) is 18.5 Å². The molecule has 0 unspecified atom stereocenters. The summed E-state index contributed by atoms with van der Waals surface area (Å²) in [6.45, 7) is 0. The Morgan fingerprint density at radius 3 is 0.429 bits per heavy atom. The van der Waals surface area contributed by atoms with Gasteiger partial charge in [-0.1, -0.05) is 0 Å². The van der Waals surface area contributed by atoms with Gasteiger partial charge in [-0.2, -0.15) is 0 Å². The maximum atomic E-state index is 0. The maximum absolute atomic E-state index is 0. The Balaban J connectivity index is 0. The van der Waals surface area contributed by atoms with Crippen molar-refractivity contribution >= 4 is 25.8 Å². The van der Waals surface area contributed by atoms with Gasteiger partial charge in [0.15, 0.2) is 0 Å². The average Bonchev–Trinajstić information content (AvgIpc) is 0. The summed E-state index contributed by atoms with van der Waals surface area (Å²) >= 11 is 0. The van der Waals surface area contributed by atoms with Gasteiger partial charge >= 0.3 is 84.3 Å². The van der Waals surface area contributed by atoms with E-state index in [0.29, 0.717) is 0 Å². The Morgan fingerprint density at radius 1 is 0.429 bits per heavy atom. The van der Waals surface area contributed by atoms with Crippen molar-refractivity contribution in [3.8, 4) is 0 Å². The van der Waals surface area contributed by atoms with Crippen LogP contribution in [0.4, 0.5) is 0 Å². The fraction of sp³-hybridized carbons (Fsp3) is 0. The normalized spacial score (nSPS) is 0. The zero-order chi connectivity index (χ0) is 0. The summed E-state index contributed by atoms with van der Waals surface area (Å²) in [5.41, 5.74) is 0. The van der Waals surface area contributed by atoms with E-state index in [2.05, 4.69) is 0 Å². The smallest absolute Gasteiger partial charge is 3.00 e. The molecule has 0 aliphatic heterocycles. The van der Waals surface area contributed by atoms with E-state index in [-0.39, 0.29) is 103 Å². The minimum atomic E-state index is 0. The van der Waals surface area contributed by atoms with Crippen LogP contribution in [0.5, 0.6) is 0 Å².